The first-order valence-electron chi connectivity index (χ1n) is 5.38. The van der Waals surface area contributed by atoms with Gasteiger partial charge in [-0.2, -0.15) is 0 Å². The summed E-state index contributed by atoms with van der Waals surface area (Å²) in [5.74, 6) is 0.183. The largest absolute Gasteiger partial charge is 0.385 e. The second kappa shape index (κ2) is 4.52. The minimum Gasteiger partial charge on any atom is -0.385 e. The number of hydrogen-bond donors (Lipinski definition) is 2. The number of nitrogens with one attached hydrogen (secondary N) is 1. The molecule has 1 aliphatic heterocycles. The van der Waals surface area contributed by atoms with Crippen LogP contribution in [0.2, 0.25) is 0 Å². The molecule has 0 bridgehead atoms. The Hall–Kier alpha value is -1.56. The Morgan fingerprint density at radius 2 is 2.31 bits per heavy atom. The van der Waals surface area contributed by atoms with E-state index in [1.807, 2.05) is 0 Å². The fourth-order valence-corrected chi connectivity index (χ4v) is 1.88. The summed E-state index contributed by atoms with van der Waals surface area (Å²) in [4.78, 5) is 24.7. The molecule has 6 nitrogen and oxygen atoms in total. The molecule has 88 valence electrons. The maximum Gasteiger partial charge on any atom is 0.329 e. The number of H-pyrrole nitrogens is 1. The summed E-state index contributed by atoms with van der Waals surface area (Å²) in [6.45, 7) is 1.13. The van der Waals surface area contributed by atoms with Crippen molar-refractivity contribution in [3.63, 3.8) is 0 Å². The van der Waals surface area contributed by atoms with Crippen molar-refractivity contribution >= 4 is 5.82 Å². The molecular weight excluding hydrogens is 210 g/mol. The van der Waals surface area contributed by atoms with E-state index in [0.29, 0.717) is 6.54 Å². The first-order chi connectivity index (χ1) is 7.66. The number of ether oxygens (including phenoxy) is 1. The molecule has 2 heterocycles. The van der Waals surface area contributed by atoms with Crippen LogP contribution < -0.4 is 17.0 Å². The number of nitrogens with zero attached hydrogens (tertiary/aromatic N) is 1. The van der Waals surface area contributed by atoms with E-state index >= 15 is 0 Å². The van der Waals surface area contributed by atoms with Gasteiger partial charge < -0.3 is 10.5 Å². The van der Waals surface area contributed by atoms with Gasteiger partial charge >= 0.3 is 5.69 Å². The topological polar surface area (TPSA) is 90.1 Å². The van der Waals surface area contributed by atoms with E-state index in [-0.39, 0.29) is 11.9 Å². The maximum absolute atomic E-state index is 11.5. The van der Waals surface area contributed by atoms with Crippen molar-refractivity contribution < 1.29 is 4.74 Å². The number of hydrogen-bond acceptors (Lipinski definition) is 4. The van der Waals surface area contributed by atoms with Crippen LogP contribution in [0, 0.1) is 0 Å². The van der Waals surface area contributed by atoms with Crippen LogP contribution in [0.5, 0.6) is 0 Å². The van der Waals surface area contributed by atoms with Crippen LogP contribution in [0.15, 0.2) is 15.7 Å². The predicted molar refractivity (Wildman–Crippen MR) is 59.3 cm³/mol. The Morgan fingerprint density at radius 3 is 2.94 bits per heavy atom. The van der Waals surface area contributed by atoms with Crippen LogP contribution >= 0.6 is 0 Å². The zero-order valence-corrected chi connectivity index (χ0v) is 8.94. The number of aromatic amines is 1. The highest BCUT2D eigenvalue weighted by atomic mass is 16.5. The molecule has 2 rings (SSSR count). The molecule has 1 atom stereocenters. The van der Waals surface area contributed by atoms with Gasteiger partial charge in [-0.25, -0.2) is 4.79 Å². The zero-order chi connectivity index (χ0) is 11.5. The van der Waals surface area contributed by atoms with Crippen molar-refractivity contribution in [2.75, 3.05) is 12.3 Å². The lowest BCUT2D eigenvalue weighted by Crippen LogP contribution is -2.36. The molecule has 1 saturated heterocycles. The second-order valence-electron chi connectivity index (χ2n) is 3.96. The first kappa shape index (κ1) is 10.9. The van der Waals surface area contributed by atoms with Crippen molar-refractivity contribution in [2.45, 2.75) is 31.9 Å². The van der Waals surface area contributed by atoms with Gasteiger partial charge in [-0.3, -0.25) is 14.3 Å². The monoisotopic (exact) mass is 225 g/mol. The normalized spacial score (nSPS) is 20.9. The van der Waals surface area contributed by atoms with Gasteiger partial charge in [0, 0.05) is 12.7 Å². The summed E-state index contributed by atoms with van der Waals surface area (Å²) in [5.41, 5.74) is 4.68. The average molecular weight is 225 g/mol. The predicted octanol–water partition coefficient (Wildman–Crippen LogP) is -0.312. The summed E-state index contributed by atoms with van der Waals surface area (Å²) in [6.07, 6.45) is 3.10. The van der Waals surface area contributed by atoms with E-state index in [2.05, 4.69) is 4.98 Å². The number of nitrogens with two attached hydrogens (primary N) is 1. The van der Waals surface area contributed by atoms with Gasteiger partial charge in [0.25, 0.3) is 5.56 Å². The zero-order valence-electron chi connectivity index (χ0n) is 8.94. The highest BCUT2D eigenvalue weighted by molar-refractivity contribution is 5.26. The van der Waals surface area contributed by atoms with Gasteiger partial charge in [-0.1, -0.05) is 0 Å². The lowest BCUT2D eigenvalue weighted by Gasteiger charge is -2.23. The van der Waals surface area contributed by atoms with Gasteiger partial charge in [-0.15, -0.1) is 0 Å². The van der Waals surface area contributed by atoms with Gasteiger partial charge in [-0.05, 0) is 19.3 Å². The van der Waals surface area contributed by atoms with E-state index in [1.165, 1.54) is 10.6 Å². The number of anilines is 1. The summed E-state index contributed by atoms with van der Waals surface area (Å²) >= 11 is 0. The second-order valence-corrected chi connectivity index (χ2v) is 3.96. The van der Waals surface area contributed by atoms with Crippen LogP contribution in [-0.4, -0.2) is 22.3 Å². The summed E-state index contributed by atoms with van der Waals surface area (Å²) < 4.78 is 6.86. The Kier molecular flexibility index (Phi) is 3.09. The van der Waals surface area contributed by atoms with Crippen molar-refractivity contribution in [3.05, 3.63) is 26.9 Å². The Balaban J connectivity index is 2.20. The third-order valence-corrected chi connectivity index (χ3v) is 2.73. The van der Waals surface area contributed by atoms with Crippen molar-refractivity contribution in [1.82, 2.24) is 9.55 Å². The lowest BCUT2D eigenvalue weighted by molar-refractivity contribution is 0.00556. The van der Waals surface area contributed by atoms with Crippen molar-refractivity contribution in [1.29, 1.82) is 0 Å². The van der Waals surface area contributed by atoms with E-state index in [4.69, 9.17) is 10.5 Å². The van der Waals surface area contributed by atoms with Crippen LogP contribution in [0.4, 0.5) is 5.82 Å². The molecular formula is C10H15N3O3. The Labute approximate surface area is 92.0 Å². The number of nitrogen functional groups attached to an aromatic ring is 1. The van der Waals surface area contributed by atoms with Gasteiger partial charge in [0.15, 0.2) is 0 Å². The van der Waals surface area contributed by atoms with Crippen LogP contribution in [0.25, 0.3) is 0 Å². The quantitative estimate of drug-likeness (QED) is 0.722. The molecule has 0 saturated carbocycles. The minimum atomic E-state index is -0.473. The lowest BCUT2D eigenvalue weighted by atomic mass is 10.1. The Bertz CT molecular complexity index is 471. The molecule has 1 fully saturated rings. The molecule has 1 unspecified atom stereocenters. The maximum atomic E-state index is 11.5. The molecule has 1 aromatic rings. The summed E-state index contributed by atoms with van der Waals surface area (Å²) in [6, 6.07) is 1.21. The molecule has 1 aromatic heterocycles. The number of aromatic nitrogens is 2. The fraction of sp³-hybridized carbons (Fsp3) is 0.600. The number of rotatable bonds is 2. The van der Waals surface area contributed by atoms with Crippen molar-refractivity contribution in [2.24, 2.45) is 0 Å². The standard InChI is InChI=1S/C10H15N3O3/c11-8-5-9(14)12-10(15)13(8)6-7-3-1-2-4-16-7/h5,7H,1-4,6,11H2,(H,12,14,15). The summed E-state index contributed by atoms with van der Waals surface area (Å²) in [5, 5.41) is 0. The molecule has 16 heavy (non-hydrogen) atoms. The van der Waals surface area contributed by atoms with E-state index in [9.17, 15) is 9.59 Å². The van der Waals surface area contributed by atoms with Crippen LogP contribution in [0.3, 0.4) is 0 Å². The smallest absolute Gasteiger partial charge is 0.329 e. The molecule has 1 aliphatic rings. The van der Waals surface area contributed by atoms with E-state index in [0.717, 1.165) is 25.9 Å². The summed E-state index contributed by atoms with van der Waals surface area (Å²) in [7, 11) is 0. The fourth-order valence-electron chi connectivity index (χ4n) is 1.88. The van der Waals surface area contributed by atoms with Crippen molar-refractivity contribution in [3.8, 4) is 0 Å². The molecule has 0 radical (unpaired) electrons. The van der Waals surface area contributed by atoms with Gasteiger partial charge in [0.05, 0.1) is 12.6 Å². The minimum absolute atomic E-state index is 0.0136. The highest BCUT2D eigenvalue weighted by Gasteiger charge is 2.16. The molecule has 0 aromatic carbocycles. The van der Waals surface area contributed by atoms with E-state index < -0.39 is 11.2 Å². The third-order valence-electron chi connectivity index (χ3n) is 2.73. The van der Waals surface area contributed by atoms with Crippen LogP contribution in [-0.2, 0) is 11.3 Å². The Morgan fingerprint density at radius 1 is 1.50 bits per heavy atom. The van der Waals surface area contributed by atoms with E-state index in [1.54, 1.807) is 0 Å². The SMILES string of the molecule is Nc1cc(=O)[nH]c(=O)n1CC1CCCCO1. The van der Waals surface area contributed by atoms with Gasteiger partial charge in [0.1, 0.15) is 5.82 Å². The molecule has 0 aliphatic carbocycles. The highest BCUT2D eigenvalue weighted by Crippen LogP contribution is 2.14. The van der Waals surface area contributed by atoms with Gasteiger partial charge in [0.2, 0.25) is 0 Å². The third kappa shape index (κ3) is 2.33. The molecule has 6 heteroatoms. The average Bonchev–Trinajstić information content (AvgIpc) is 2.25. The first-order valence-corrected chi connectivity index (χ1v) is 5.38. The molecule has 0 spiro atoms. The van der Waals surface area contributed by atoms with Crippen LogP contribution in [0.1, 0.15) is 19.3 Å². The molecule has 3 N–H and O–H groups in total. The molecule has 0 amide bonds.